The fourth-order valence-electron chi connectivity index (χ4n) is 3.72. The van der Waals surface area contributed by atoms with E-state index in [-0.39, 0.29) is 11.9 Å². The van der Waals surface area contributed by atoms with E-state index >= 15 is 0 Å². The summed E-state index contributed by atoms with van der Waals surface area (Å²) < 4.78 is 17.2. The number of carbonyl (C=O) groups is 1. The number of nitrogens with zero attached hydrogens (tertiary/aromatic N) is 2. The van der Waals surface area contributed by atoms with Crippen LogP contribution in [-0.4, -0.2) is 36.1 Å². The second-order valence-electron chi connectivity index (χ2n) is 7.65. The first-order valence-corrected chi connectivity index (χ1v) is 10.5. The quantitative estimate of drug-likeness (QED) is 0.537. The lowest BCUT2D eigenvalue weighted by molar-refractivity contribution is -0.0402. The minimum Gasteiger partial charge on any atom is -0.493 e. The van der Waals surface area contributed by atoms with Gasteiger partial charge in [0, 0.05) is 42.8 Å². The molecule has 2 aromatic carbocycles. The fraction of sp³-hybridized carbons (Fsp3) is 0.280. The minimum absolute atomic E-state index is 0.267. The normalized spacial score (nSPS) is 15.4. The molecule has 0 amide bonds. The highest BCUT2D eigenvalue weighted by Gasteiger charge is 2.21. The molecule has 1 saturated heterocycles. The van der Waals surface area contributed by atoms with E-state index in [2.05, 4.69) is 4.98 Å². The van der Waals surface area contributed by atoms with E-state index in [1.165, 1.54) is 0 Å². The molecule has 166 valence electrons. The van der Waals surface area contributed by atoms with Gasteiger partial charge in [-0.2, -0.15) is 0 Å². The molecule has 1 N–H and O–H groups in total. The van der Waals surface area contributed by atoms with Crippen molar-refractivity contribution in [1.29, 1.82) is 0 Å². The summed E-state index contributed by atoms with van der Waals surface area (Å²) in [7, 11) is 1.60. The first-order chi connectivity index (χ1) is 15.5. The van der Waals surface area contributed by atoms with Crippen molar-refractivity contribution >= 4 is 17.3 Å². The molecule has 1 fully saturated rings. The molecule has 1 aromatic heterocycles. The largest absolute Gasteiger partial charge is 0.493 e. The summed E-state index contributed by atoms with van der Waals surface area (Å²) in [5.74, 6) is 0.238. The van der Waals surface area contributed by atoms with Gasteiger partial charge in [0.1, 0.15) is 0 Å². The van der Waals surface area contributed by atoms with Gasteiger partial charge >= 0.3 is 5.97 Å². The number of aryl methyl sites for hydroxylation is 1. The molecule has 4 rings (SSSR count). The molecule has 7 heteroatoms. The molecule has 1 aliphatic rings. The lowest BCUT2D eigenvalue weighted by atomic mass is 10.1. The van der Waals surface area contributed by atoms with Crippen molar-refractivity contribution in [2.45, 2.75) is 32.6 Å². The number of methoxy groups -OCH3 is 1. The minimum atomic E-state index is -0.956. The summed E-state index contributed by atoms with van der Waals surface area (Å²) in [5.41, 5.74) is 3.55. The third-order valence-electron chi connectivity index (χ3n) is 5.43. The van der Waals surface area contributed by atoms with Gasteiger partial charge in [-0.1, -0.05) is 12.1 Å². The maximum absolute atomic E-state index is 11.7. The molecule has 2 heterocycles. The average Bonchev–Trinajstić information content (AvgIpc) is 3.31. The Balaban J connectivity index is 1.76. The van der Waals surface area contributed by atoms with E-state index < -0.39 is 5.97 Å². The van der Waals surface area contributed by atoms with Crippen LogP contribution in [0.5, 0.6) is 11.5 Å². The number of hydrogen-bond acceptors (Lipinski definition) is 6. The Morgan fingerprint density at radius 3 is 2.69 bits per heavy atom. The molecule has 1 unspecified atom stereocenters. The molecule has 0 aliphatic carbocycles. The van der Waals surface area contributed by atoms with Gasteiger partial charge in [0.05, 0.1) is 19.3 Å². The summed E-state index contributed by atoms with van der Waals surface area (Å²) in [4.78, 5) is 18.0. The number of anilines is 2. The van der Waals surface area contributed by atoms with Gasteiger partial charge in [0.15, 0.2) is 17.8 Å². The summed E-state index contributed by atoms with van der Waals surface area (Å²) in [6.07, 6.45) is 5.01. The molecular weight excluding hydrogens is 408 g/mol. The summed E-state index contributed by atoms with van der Waals surface area (Å²) in [6, 6.07) is 15.0. The van der Waals surface area contributed by atoms with Gasteiger partial charge < -0.3 is 24.2 Å². The van der Waals surface area contributed by atoms with Crippen molar-refractivity contribution in [3.05, 3.63) is 77.6 Å². The third kappa shape index (κ3) is 4.84. The number of carboxylic acids is 1. The van der Waals surface area contributed by atoms with Crippen LogP contribution in [0.15, 0.2) is 60.9 Å². The maximum atomic E-state index is 11.7. The number of benzene rings is 2. The van der Waals surface area contributed by atoms with Crippen LogP contribution in [0.3, 0.4) is 0 Å². The molecule has 0 radical (unpaired) electrons. The Labute approximate surface area is 187 Å². The fourth-order valence-corrected chi connectivity index (χ4v) is 3.72. The van der Waals surface area contributed by atoms with Crippen molar-refractivity contribution in [3.8, 4) is 11.5 Å². The highest BCUT2D eigenvalue weighted by atomic mass is 16.7. The second-order valence-corrected chi connectivity index (χ2v) is 7.65. The van der Waals surface area contributed by atoms with E-state index in [0.29, 0.717) is 30.2 Å². The van der Waals surface area contributed by atoms with Gasteiger partial charge in [-0.3, -0.25) is 4.98 Å². The molecular formula is C25H26N2O5. The molecule has 1 aliphatic heterocycles. The average molecular weight is 434 g/mol. The summed E-state index contributed by atoms with van der Waals surface area (Å²) in [6.45, 7) is 2.97. The van der Waals surface area contributed by atoms with Crippen LogP contribution in [0.2, 0.25) is 0 Å². The predicted octanol–water partition coefficient (Wildman–Crippen LogP) is 4.95. The lowest BCUT2D eigenvalue weighted by Gasteiger charge is -2.27. The second kappa shape index (κ2) is 9.70. The van der Waals surface area contributed by atoms with Crippen molar-refractivity contribution in [2.24, 2.45) is 0 Å². The Kier molecular flexibility index (Phi) is 6.56. The van der Waals surface area contributed by atoms with E-state index in [1.807, 2.05) is 47.4 Å². The standard InChI is InChI=1S/C25H26N2O5/c1-17-7-8-19(13-21(17)25(28)29)27(16-18-5-3-11-26-15-18)20-9-10-22(30-2)23(14-20)32-24-6-4-12-31-24/h3,5,7-11,13-15,24H,4,6,12,16H2,1-2H3,(H,28,29). The summed E-state index contributed by atoms with van der Waals surface area (Å²) in [5, 5.41) is 9.62. The predicted molar refractivity (Wildman–Crippen MR) is 121 cm³/mol. The number of aromatic nitrogens is 1. The molecule has 0 bridgehead atoms. The number of aromatic carboxylic acids is 1. The number of rotatable bonds is 8. The van der Waals surface area contributed by atoms with Crippen LogP contribution in [0.25, 0.3) is 0 Å². The first-order valence-electron chi connectivity index (χ1n) is 10.5. The van der Waals surface area contributed by atoms with Gasteiger partial charge in [-0.25, -0.2) is 4.79 Å². The van der Waals surface area contributed by atoms with E-state index in [0.717, 1.165) is 29.8 Å². The molecule has 32 heavy (non-hydrogen) atoms. The Morgan fingerprint density at radius 1 is 1.19 bits per heavy atom. The Morgan fingerprint density at radius 2 is 2.00 bits per heavy atom. The zero-order chi connectivity index (χ0) is 22.5. The van der Waals surface area contributed by atoms with Crippen LogP contribution >= 0.6 is 0 Å². The lowest BCUT2D eigenvalue weighted by Crippen LogP contribution is -2.18. The van der Waals surface area contributed by atoms with Crippen LogP contribution in [0, 0.1) is 6.92 Å². The number of ether oxygens (including phenoxy) is 3. The zero-order valence-corrected chi connectivity index (χ0v) is 18.2. The molecule has 0 spiro atoms. The van der Waals surface area contributed by atoms with Crippen molar-refractivity contribution in [3.63, 3.8) is 0 Å². The van der Waals surface area contributed by atoms with Crippen molar-refractivity contribution < 1.29 is 24.1 Å². The van der Waals surface area contributed by atoms with E-state index in [9.17, 15) is 9.90 Å². The van der Waals surface area contributed by atoms with Crippen LogP contribution < -0.4 is 14.4 Å². The number of hydrogen-bond donors (Lipinski definition) is 1. The van der Waals surface area contributed by atoms with Gasteiger partial charge in [0.25, 0.3) is 0 Å². The number of pyridine rings is 1. The zero-order valence-electron chi connectivity index (χ0n) is 18.2. The molecule has 7 nitrogen and oxygen atoms in total. The number of carboxylic acid groups (broad SMARTS) is 1. The van der Waals surface area contributed by atoms with Gasteiger partial charge in [0.2, 0.25) is 0 Å². The monoisotopic (exact) mass is 434 g/mol. The van der Waals surface area contributed by atoms with Gasteiger partial charge in [-0.05, 0) is 54.8 Å². The van der Waals surface area contributed by atoms with E-state index in [1.54, 1.807) is 32.5 Å². The summed E-state index contributed by atoms with van der Waals surface area (Å²) >= 11 is 0. The van der Waals surface area contributed by atoms with E-state index in [4.69, 9.17) is 14.2 Å². The molecule has 0 saturated carbocycles. The SMILES string of the molecule is COc1ccc(N(Cc2cccnc2)c2ccc(C)c(C(=O)O)c2)cc1OC1CCCO1. The van der Waals surface area contributed by atoms with Crippen molar-refractivity contribution in [2.75, 3.05) is 18.6 Å². The third-order valence-corrected chi connectivity index (χ3v) is 5.43. The molecule has 1 atom stereocenters. The van der Waals surface area contributed by atoms with Crippen molar-refractivity contribution in [1.82, 2.24) is 4.98 Å². The van der Waals surface area contributed by atoms with Gasteiger partial charge in [-0.15, -0.1) is 0 Å². The molecule has 3 aromatic rings. The van der Waals surface area contributed by atoms with Crippen LogP contribution in [-0.2, 0) is 11.3 Å². The Hall–Kier alpha value is -3.58. The Bertz CT molecular complexity index is 1080. The smallest absolute Gasteiger partial charge is 0.336 e. The first kappa shape index (κ1) is 21.6. The highest BCUT2D eigenvalue weighted by molar-refractivity contribution is 5.91. The van der Waals surface area contributed by atoms with Crippen LogP contribution in [0.1, 0.15) is 34.3 Å². The topological polar surface area (TPSA) is 81.1 Å². The highest BCUT2D eigenvalue weighted by Crippen LogP contribution is 2.37. The van der Waals surface area contributed by atoms with Crippen LogP contribution in [0.4, 0.5) is 11.4 Å². The maximum Gasteiger partial charge on any atom is 0.336 e.